The van der Waals surface area contributed by atoms with Gasteiger partial charge in [-0.2, -0.15) is 0 Å². The van der Waals surface area contributed by atoms with Gasteiger partial charge in [0.25, 0.3) is 5.69 Å². The van der Waals surface area contributed by atoms with Gasteiger partial charge in [0.2, 0.25) is 0 Å². The molecule has 1 N–H and O–H groups in total. The Hall–Kier alpha value is -1.83. The van der Waals surface area contributed by atoms with Gasteiger partial charge >= 0.3 is 0 Å². The highest BCUT2D eigenvalue weighted by Gasteiger charge is 2.28. The summed E-state index contributed by atoms with van der Waals surface area (Å²) >= 11 is 1.49. The van der Waals surface area contributed by atoms with Crippen LogP contribution >= 0.6 is 11.3 Å². The fourth-order valence-corrected chi connectivity index (χ4v) is 3.24. The molecule has 0 bridgehead atoms. The Kier molecular flexibility index (Phi) is 4.47. The molecule has 7 heteroatoms. The number of nitro benzene ring substituents is 1. The zero-order chi connectivity index (χ0) is 15.5. The molecule has 0 saturated heterocycles. The van der Waals surface area contributed by atoms with Gasteiger partial charge < -0.3 is 5.11 Å². The molecular weight excluding hydrogens is 302 g/mol. The lowest BCUT2D eigenvalue weighted by atomic mass is 10.2. The number of benzene rings is 1. The molecule has 1 heterocycles. The average molecular weight is 319 g/mol. The van der Waals surface area contributed by atoms with Crippen molar-refractivity contribution < 1.29 is 10.0 Å². The maximum atomic E-state index is 10.8. The van der Waals surface area contributed by atoms with Crippen LogP contribution in [0.15, 0.2) is 29.6 Å². The summed E-state index contributed by atoms with van der Waals surface area (Å²) in [7, 11) is 0. The summed E-state index contributed by atoms with van der Waals surface area (Å²) < 4.78 is 0. The largest absolute Gasteiger partial charge is 0.395 e. The van der Waals surface area contributed by atoms with Gasteiger partial charge in [0, 0.05) is 42.2 Å². The highest BCUT2D eigenvalue weighted by Crippen LogP contribution is 2.30. The van der Waals surface area contributed by atoms with Gasteiger partial charge in [0.1, 0.15) is 5.01 Å². The van der Waals surface area contributed by atoms with E-state index in [1.807, 2.05) is 11.4 Å². The Balaban J connectivity index is 1.75. The molecule has 1 aliphatic carbocycles. The van der Waals surface area contributed by atoms with Crippen molar-refractivity contribution >= 4 is 17.0 Å². The summed E-state index contributed by atoms with van der Waals surface area (Å²) in [5.74, 6) is 0. The van der Waals surface area contributed by atoms with Crippen molar-refractivity contribution in [1.82, 2.24) is 9.88 Å². The number of non-ortho nitro benzene ring substituents is 1. The summed E-state index contributed by atoms with van der Waals surface area (Å²) in [5.41, 5.74) is 1.80. The lowest BCUT2D eigenvalue weighted by Crippen LogP contribution is -2.28. The molecule has 22 heavy (non-hydrogen) atoms. The quantitative estimate of drug-likeness (QED) is 0.627. The van der Waals surface area contributed by atoms with E-state index in [-0.39, 0.29) is 12.3 Å². The third kappa shape index (κ3) is 3.49. The van der Waals surface area contributed by atoms with E-state index in [4.69, 9.17) is 5.11 Å². The van der Waals surface area contributed by atoms with Crippen LogP contribution in [0, 0.1) is 10.1 Å². The normalized spacial score (nSPS) is 14.5. The molecule has 1 fully saturated rings. The van der Waals surface area contributed by atoms with E-state index in [9.17, 15) is 10.1 Å². The third-order valence-electron chi connectivity index (χ3n) is 3.67. The van der Waals surface area contributed by atoms with E-state index < -0.39 is 4.92 Å². The van der Waals surface area contributed by atoms with Gasteiger partial charge in [0.15, 0.2) is 0 Å². The van der Waals surface area contributed by atoms with Crippen molar-refractivity contribution in [3.8, 4) is 10.6 Å². The van der Waals surface area contributed by atoms with Gasteiger partial charge in [-0.25, -0.2) is 4.98 Å². The summed E-state index contributed by atoms with van der Waals surface area (Å²) in [6.07, 6.45) is 2.36. The highest BCUT2D eigenvalue weighted by atomic mass is 32.1. The molecule has 0 aliphatic heterocycles. The minimum atomic E-state index is -0.395. The molecule has 0 radical (unpaired) electrons. The van der Waals surface area contributed by atoms with Crippen molar-refractivity contribution in [2.45, 2.75) is 25.4 Å². The minimum absolute atomic E-state index is 0.0779. The molecule has 1 saturated carbocycles. The molecule has 0 atom stereocenters. The summed E-state index contributed by atoms with van der Waals surface area (Å²) in [6, 6.07) is 7.11. The fraction of sp³-hybridized carbons (Fsp3) is 0.400. The third-order valence-corrected chi connectivity index (χ3v) is 4.61. The minimum Gasteiger partial charge on any atom is -0.395 e. The molecular formula is C15H17N3O3S. The molecule has 1 aromatic heterocycles. The van der Waals surface area contributed by atoms with E-state index in [1.54, 1.807) is 12.1 Å². The molecule has 3 rings (SSSR count). The number of aliphatic hydroxyl groups is 1. The maximum Gasteiger partial charge on any atom is 0.270 e. The summed E-state index contributed by atoms with van der Waals surface area (Å²) in [6.45, 7) is 1.53. The predicted molar refractivity (Wildman–Crippen MR) is 84.7 cm³/mol. The molecule has 0 unspecified atom stereocenters. The first-order chi connectivity index (χ1) is 10.7. The van der Waals surface area contributed by atoms with E-state index in [0.29, 0.717) is 12.6 Å². The van der Waals surface area contributed by atoms with E-state index in [0.717, 1.165) is 22.8 Å². The van der Waals surface area contributed by atoms with Crippen molar-refractivity contribution in [1.29, 1.82) is 0 Å². The van der Waals surface area contributed by atoms with Crippen LogP contribution in [0.3, 0.4) is 0 Å². The van der Waals surface area contributed by atoms with E-state index >= 15 is 0 Å². The Labute approximate surface area is 132 Å². The van der Waals surface area contributed by atoms with Crippen LogP contribution in [0.5, 0.6) is 0 Å². The molecule has 0 spiro atoms. The van der Waals surface area contributed by atoms with Crippen LogP contribution in [0.25, 0.3) is 10.6 Å². The van der Waals surface area contributed by atoms with Crippen LogP contribution in [0.1, 0.15) is 18.5 Å². The second kappa shape index (κ2) is 6.51. The number of hydrogen-bond acceptors (Lipinski definition) is 6. The molecule has 1 aliphatic rings. The topological polar surface area (TPSA) is 79.5 Å². The van der Waals surface area contributed by atoms with Crippen LogP contribution in [-0.2, 0) is 6.54 Å². The first-order valence-electron chi connectivity index (χ1n) is 7.21. The highest BCUT2D eigenvalue weighted by molar-refractivity contribution is 7.13. The fourth-order valence-electron chi connectivity index (χ4n) is 2.43. The van der Waals surface area contributed by atoms with Gasteiger partial charge in [-0.3, -0.25) is 15.0 Å². The number of aliphatic hydroxyl groups excluding tert-OH is 1. The van der Waals surface area contributed by atoms with E-state index in [2.05, 4.69) is 9.88 Å². The van der Waals surface area contributed by atoms with Crippen molar-refractivity contribution in [3.63, 3.8) is 0 Å². The second-order valence-corrected chi connectivity index (χ2v) is 6.23. The monoisotopic (exact) mass is 319 g/mol. The number of nitrogens with zero attached hydrogens (tertiary/aromatic N) is 3. The van der Waals surface area contributed by atoms with Gasteiger partial charge in [0.05, 0.1) is 17.2 Å². The lowest BCUT2D eigenvalue weighted by molar-refractivity contribution is -0.384. The maximum absolute atomic E-state index is 10.8. The van der Waals surface area contributed by atoms with Crippen LogP contribution in [-0.4, -0.2) is 39.1 Å². The number of aromatic nitrogens is 1. The molecule has 6 nitrogen and oxygen atoms in total. The zero-order valence-corrected chi connectivity index (χ0v) is 12.8. The molecule has 116 valence electrons. The summed E-state index contributed by atoms with van der Waals surface area (Å²) in [4.78, 5) is 17.3. The van der Waals surface area contributed by atoms with Crippen LogP contribution < -0.4 is 0 Å². The summed E-state index contributed by atoms with van der Waals surface area (Å²) in [5, 5.41) is 22.8. The number of thiazole rings is 1. The number of hydrogen-bond donors (Lipinski definition) is 1. The Morgan fingerprint density at radius 3 is 2.95 bits per heavy atom. The number of nitro groups is 1. The lowest BCUT2D eigenvalue weighted by Gasteiger charge is -2.19. The first kappa shape index (κ1) is 15.1. The van der Waals surface area contributed by atoms with Gasteiger partial charge in [-0.05, 0) is 12.8 Å². The smallest absolute Gasteiger partial charge is 0.270 e. The Morgan fingerprint density at radius 1 is 1.45 bits per heavy atom. The first-order valence-corrected chi connectivity index (χ1v) is 8.09. The SMILES string of the molecule is O=[N+]([O-])c1cccc(-c2nc(CN(CCO)C3CC3)cs2)c1. The van der Waals surface area contributed by atoms with Gasteiger partial charge in [-0.15, -0.1) is 11.3 Å². The Bertz CT molecular complexity index is 670. The average Bonchev–Trinajstić information content (AvgIpc) is 3.26. The van der Waals surface area contributed by atoms with E-state index in [1.165, 1.54) is 30.2 Å². The van der Waals surface area contributed by atoms with Crippen LogP contribution in [0.4, 0.5) is 5.69 Å². The molecule has 1 aromatic carbocycles. The van der Waals surface area contributed by atoms with Crippen molar-refractivity contribution in [2.24, 2.45) is 0 Å². The molecule has 2 aromatic rings. The van der Waals surface area contributed by atoms with Gasteiger partial charge in [-0.1, -0.05) is 12.1 Å². The Morgan fingerprint density at radius 2 is 2.27 bits per heavy atom. The molecule has 0 amide bonds. The van der Waals surface area contributed by atoms with Crippen molar-refractivity contribution in [3.05, 3.63) is 45.5 Å². The van der Waals surface area contributed by atoms with Crippen LogP contribution in [0.2, 0.25) is 0 Å². The standard InChI is InChI=1S/C15H17N3O3S/c19-7-6-17(13-4-5-13)9-12-10-22-15(16-12)11-2-1-3-14(8-11)18(20)21/h1-3,8,10,13,19H,4-7,9H2. The predicted octanol–water partition coefficient (Wildman–Crippen LogP) is 2.68. The number of rotatable bonds is 7. The zero-order valence-electron chi connectivity index (χ0n) is 12.0. The second-order valence-electron chi connectivity index (χ2n) is 5.38. The van der Waals surface area contributed by atoms with Crippen molar-refractivity contribution in [2.75, 3.05) is 13.2 Å².